The number of carbonyl (C=O) groups is 1. The van der Waals surface area contributed by atoms with E-state index in [-0.39, 0.29) is 0 Å². The summed E-state index contributed by atoms with van der Waals surface area (Å²) in [5.41, 5.74) is 0. The zero-order valence-electron chi connectivity index (χ0n) is 14.1. The van der Waals surface area contributed by atoms with Gasteiger partial charge in [0.15, 0.2) is 0 Å². The van der Waals surface area contributed by atoms with E-state index in [1.807, 2.05) is 0 Å². The van der Waals surface area contributed by atoms with E-state index < -0.39 is 10.7 Å². The van der Waals surface area contributed by atoms with Crippen molar-refractivity contribution in [2.45, 2.75) is 57.6 Å². The van der Waals surface area contributed by atoms with E-state index in [4.69, 9.17) is 5.11 Å². The van der Waals surface area contributed by atoms with E-state index in [0.29, 0.717) is 0 Å². The molecule has 0 spiro atoms. The predicted octanol–water partition coefficient (Wildman–Crippen LogP) is 5.78. The Morgan fingerprint density at radius 3 is 1.95 bits per heavy atom. The highest BCUT2D eigenvalue weighted by Gasteiger charge is 2.26. The molecule has 0 aliphatic rings. The number of carboxylic acid groups (broad SMARTS) is 1. The molecule has 0 saturated carbocycles. The van der Waals surface area contributed by atoms with Gasteiger partial charge in [0.1, 0.15) is 4.75 Å². The maximum absolute atomic E-state index is 10.9. The molecule has 0 radical (unpaired) electrons. The number of rotatable bonds is 12. The summed E-state index contributed by atoms with van der Waals surface area (Å²) >= 11 is 1.45. The molecule has 0 aromatic rings. The zero-order valence-corrected chi connectivity index (χ0v) is 14.9. The Morgan fingerprint density at radius 2 is 1.41 bits per heavy atom. The van der Waals surface area contributed by atoms with E-state index in [0.717, 1.165) is 37.9 Å². The Balaban J connectivity index is 3.60. The van der Waals surface area contributed by atoms with Crippen molar-refractivity contribution < 1.29 is 9.90 Å². The molecule has 0 amide bonds. The van der Waals surface area contributed by atoms with Crippen LogP contribution in [-0.2, 0) is 4.79 Å². The van der Waals surface area contributed by atoms with Gasteiger partial charge in [-0.05, 0) is 46.0 Å². The first kappa shape index (κ1) is 20.8. The number of unbranched alkanes of at least 4 members (excludes halogenated alkanes) is 1. The van der Waals surface area contributed by atoms with E-state index in [1.165, 1.54) is 11.8 Å². The third kappa shape index (κ3) is 12.5. The van der Waals surface area contributed by atoms with E-state index in [1.54, 1.807) is 13.8 Å². The molecule has 0 unspecified atom stereocenters. The fourth-order valence-electron chi connectivity index (χ4n) is 1.52. The first-order chi connectivity index (χ1) is 10.5. The summed E-state index contributed by atoms with van der Waals surface area (Å²) in [5.74, 6) is -0.0103. The molecule has 0 heterocycles. The summed E-state index contributed by atoms with van der Waals surface area (Å²) in [4.78, 5) is 10.9. The lowest BCUT2D eigenvalue weighted by Gasteiger charge is -2.16. The topological polar surface area (TPSA) is 37.3 Å². The molecular formula is C19H30O2S. The monoisotopic (exact) mass is 322 g/mol. The average molecular weight is 323 g/mol. The van der Waals surface area contributed by atoms with Gasteiger partial charge < -0.3 is 5.11 Å². The first-order valence-corrected chi connectivity index (χ1v) is 8.96. The van der Waals surface area contributed by atoms with Gasteiger partial charge in [0, 0.05) is 5.75 Å². The number of aliphatic carboxylic acids is 1. The molecule has 0 atom stereocenters. The van der Waals surface area contributed by atoms with Crippen LogP contribution in [0, 0.1) is 0 Å². The van der Waals surface area contributed by atoms with Crippen molar-refractivity contribution in [2.75, 3.05) is 5.75 Å². The van der Waals surface area contributed by atoms with Gasteiger partial charge >= 0.3 is 5.97 Å². The third-order valence-electron chi connectivity index (χ3n) is 3.00. The quantitative estimate of drug-likeness (QED) is 0.365. The van der Waals surface area contributed by atoms with Crippen LogP contribution in [0.1, 0.15) is 52.9 Å². The van der Waals surface area contributed by atoms with Gasteiger partial charge in [-0.2, -0.15) is 0 Å². The first-order valence-electron chi connectivity index (χ1n) is 7.98. The minimum atomic E-state index is -0.757. The van der Waals surface area contributed by atoms with Crippen LogP contribution in [0.5, 0.6) is 0 Å². The highest BCUT2D eigenvalue weighted by molar-refractivity contribution is 8.01. The molecule has 0 rings (SSSR count). The second kappa shape index (κ2) is 13.4. The van der Waals surface area contributed by atoms with Crippen molar-refractivity contribution in [1.82, 2.24) is 0 Å². The van der Waals surface area contributed by atoms with Gasteiger partial charge in [-0.25, -0.2) is 0 Å². The van der Waals surface area contributed by atoms with Crippen molar-refractivity contribution in [2.24, 2.45) is 0 Å². The molecule has 0 aliphatic carbocycles. The predicted molar refractivity (Wildman–Crippen MR) is 99.5 cm³/mol. The van der Waals surface area contributed by atoms with Crippen LogP contribution in [0.4, 0.5) is 0 Å². The van der Waals surface area contributed by atoms with E-state index in [9.17, 15) is 4.79 Å². The van der Waals surface area contributed by atoms with Crippen LogP contribution >= 0.6 is 11.8 Å². The molecule has 1 N–H and O–H groups in total. The average Bonchev–Trinajstić information content (AvgIpc) is 2.47. The molecule has 3 heteroatoms. The Labute approximate surface area is 140 Å². The SMILES string of the molecule is CC/C=C\C/C=C\C/C=C\CC/C=C/CSC(C)(C)C(=O)O. The summed E-state index contributed by atoms with van der Waals surface area (Å²) in [5, 5.41) is 8.98. The lowest BCUT2D eigenvalue weighted by atomic mass is 10.2. The molecule has 2 nitrogen and oxygen atoms in total. The summed E-state index contributed by atoms with van der Waals surface area (Å²) in [6.45, 7) is 5.62. The molecule has 0 aromatic heterocycles. The molecule has 0 saturated heterocycles. The molecule has 0 fully saturated rings. The van der Waals surface area contributed by atoms with Crippen LogP contribution in [0.2, 0.25) is 0 Å². The standard InChI is InChI=1S/C19H30O2S/c1-4-5-6-7-8-9-10-11-12-13-14-15-16-17-22-19(2,3)18(20)21/h5-6,8-9,11-12,15-16H,4,7,10,13-14,17H2,1-3H3,(H,20,21)/b6-5-,9-8-,12-11-,16-15+. The van der Waals surface area contributed by atoms with Crippen molar-refractivity contribution >= 4 is 17.7 Å². The lowest BCUT2D eigenvalue weighted by molar-refractivity contribution is -0.138. The molecule has 22 heavy (non-hydrogen) atoms. The maximum atomic E-state index is 10.9. The summed E-state index contributed by atoms with van der Waals surface area (Å²) < 4.78 is -0.705. The van der Waals surface area contributed by atoms with Crippen molar-refractivity contribution in [1.29, 1.82) is 0 Å². The van der Waals surface area contributed by atoms with Crippen LogP contribution in [0.15, 0.2) is 48.6 Å². The van der Waals surface area contributed by atoms with Crippen molar-refractivity contribution in [3.05, 3.63) is 48.6 Å². The van der Waals surface area contributed by atoms with Gasteiger partial charge in [-0.1, -0.05) is 55.5 Å². The van der Waals surface area contributed by atoms with Crippen molar-refractivity contribution in [3.8, 4) is 0 Å². The fraction of sp³-hybridized carbons (Fsp3) is 0.526. The molecular weight excluding hydrogens is 292 g/mol. The number of carboxylic acids is 1. The van der Waals surface area contributed by atoms with Crippen LogP contribution in [0.25, 0.3) is 0 Å². The zero-order chi connectivity index (χ0) is 16.7. The van der Waals surface area contributed by atoms with E-state index >= 15 is 0 Å². The maximum Gasteiger partial charge on any atom is 0.319 e. The summed E-state index contributed by atoms with van der Waals surface area (Å²) in [6.07, 6.45) is 22.5. The van der Waals surface area contributed by atoms with Crippen LogP contribution < -0.4 is 0 Å². The number of hydrogen-bond acceptors (Lipinski definition) is 2. The van der Waals surface area contributed by atoms with Gasteiger partial charge in [0.25, 0.3) is 0 Å². The van der Waals surface area contributed by atoms with Gasteiger partial charge in [0.05, 0.1) is 0 Å². The number of thioether (sulfide) groups is 1. The smallest absolute Gasteiger partial charge is 0.319 e. The summed E-state index contributed by atoms with van der Waals surface area (Å²) in [7, 11) is 0. The highest BCUT2D eigenvalue weighted by atomic mass is 32.2. The van der Waals surface area contributed by atoms with Crippen LogP contribution in [0.3, 0.4) is 0 Å². The number of allylic oxidation sites excluding steroid dienone is 7. The molecule has 0 aliphatic heterocycles. The van der Waals surface area contributed by atoms with Crippen molar-refractivity contribution in [3.63, 3.8) is 0 Å². The molecule has 0 aromatic carbocycles. The minimum Gasteiger partial charge on any atom is -0.480 e. The molecule has 0 bridgehead atoms. The molecule has 124 valence electrons. The van der Waals surface area contributed by atoms with Gasteiger partial charge in [0.2, 0.25) is 0 Å². The van der Waals surface area contributed by atoms with Crippen LogP contribution in [-0.4, -0.2) is 21.6 Å². The fourth-order valence-corrected chi connectivity index (χ4v) is 2.30. The second-order valence-electron chi connectivity index (χ2n) is 5.47. The largest absolute Gasteiger partial charge is 0.480 e. The summed E-state index contributed by atoms with van der Waals surface area (Å²) in [6, 6.07) is 0. The Bertz CT molecular complexity index is 404. The third-order valence-corrected chi connectivity index (χ3v) is 4.26. The Morgan fingerprint density at radius 1 is 0.909 bits per heavy atom. The van der Waals surface area contributed by atoms with Gasteiger partial charge in [-0.3, -0.25) is 4.79 Å². The Hall–Kier alpha value is -1.22. The van der Waals surface area contributed by atoms with E-state index in [2.05, 4.69) is 55.5 Å². The Kier molecular flexibility index (Phi) is 12.7. The van der Waals surface area contributed by atoms with Gasteiger partial charge in [-0.15, -0.1) is 11.8 Å². The lowest BCUT2D eigenvalue weighted by Crippen LogP contribution is -2.27. The second-order valence-corrected chi connectivity index (χ2v) is 7.11. The highest BCUT2D eigenvalue weighted by Crippen LogP contribution is 2.24. The minimum absolute atomic E-state index is 0.705. The number of hydrogen-bond donors (Lipinski definition) is 1. The normalized spacial score (nSPS) is 13.2.